The van der Waals surface area contributed by atoms with Crippen LogP contribution in [0.1, 0.15) is 27.6 Å². The second kappa shape index (κ2) is 7.34. The molecule has 0 fully saturated rings. The molecule has 0 radical (unpaired) electrons. The number of nitro groups is 1. The molecule has 9 heteroatoms. The number of carboxylic acids is 1. The van der Waals surface area contributed by atoms with Crippen LogP contribution in [0.5, 0.6) is 5.75 Å². The second-order valence-corrected chi connectivity index (χ2v) is 5.52. The van der Waals surface area contributed by atoms with Crippen LogP contribution in [0.4, 0.5) is 11.4 Å². The first-order chi connectivity index (χ1) is 12.9. The molecular formula is C18H14N2O7. The molecule has 27 heavy (non-hydrogen) atoms. The van der Waals surface area contributed by atoms with Gasteiger partial charge >= 0.3 is 5.97 Å². The summed E-state index contributed by atoms with van der Waals surface area (Å²) in [4.78, 5) is 38.4. The lowest BCUT2D eigenvalue weighted by atomic mass is 10.0. The normalized spacial score (nSPS) is 17.3. The molecule has 2 aromatic rings. The molecule has 1 aliphatic rings. The predicted molar refractivity (Wildman–Crippen MR) is 94.0 cm³/mol. The first-order valence-electron chi connectivity index (χ1n) is 7.94. The molecule has 0 aliphatic carbocycles. The molecule has 0 saturated carbocycles. The number of ketones is 1. The Labute approximate surface area is 153 Å². The van der Waals surface area contributed by atoms with Gasteiger partial charge < -0.3 is 14.6 Å². The lowest BCUT2D eigenvalue weighted by Gasteiger charge is -2.26. The van der Waals surface area contributed by atoms with E-state index >= 15 is 0 Å². The Balaban J connectivity index is 2.03. The third kappa shape index (κ3) is 3.67. The summed E-state index contributed by atoms with van der Waals surface area (Å²) in [6.07, 6.45) is -1.07. The molecule has 1 heterocycles. The SMILES string of the molecule is CCOC1Oc2ccc([N+](=O)[O-])cc2C(=O)C1=Nc1ccc(C(=O)O)cc1. The van der Waals surface area contributed by atoms with E-state index in [1.54, 1.807) is 6.92 Å². The molecule has 0 aromatic heterocycles. The highest BCUT2D eigenvalue weighted by Gasteiger charge is 2.35. The van der Waals surface area contributed by atoms with Gasteiger partial charge in [0.05, 0.1) is 21.7 Å². The number of Topliss-reactive ketones (excluding diaryl/α,β-unsaturated/α-hetero) is 1. The molecule has 1 N–H and O–H groups in total. The van der Waals surface area contributed by atoms with E-state index in [-0.39, 0.29) is 34.9 Å². The third-order valence-electron chi connectivity index (χ3n) is 3.79. The number of nitrogens with zero attached hydrogens (tertiary/aromatic N) is 2. The molecular weight excluding hydrogens is 356 g/mol. The van der Waals surface area contributed by atoms with E-state index in [0.29, 0.717) is 5.69 Å². The third-order valence-corrected chi connectivity index (χ3v) is 3.79. The summed E-state index contributed by atoms with van der Waals surface area (Å²) in [6, 6.07) is 9.29. The smallest absolute Gasteiger partial charge is 0.335 e. The minimum Gasteiger partial charge on any atom is -0.478 e. The highest BCUT2D eigenvalue weighted by Crippen LogP contribution is 2.31. The Hall–Kier alpha value is -3.59. The van der Waals surface area contributed by atoms with Crippen molar-refractivity contribution < 1.29 is 29.1 Å². The van der Waals surface area contributed by atoms with Crippen molar-refractivity contribution in [2.45, 2.75) is 13.2 Å². The van der Waals surface area contributed by atoms with Gasteiger partial charge in [0, 0.05) is 18.7 Å². The Bertz CT molecular complexity index is 951. The van der Waals surface area contributed by atoms with E-state index < -0.39 is 23.0 Å². The summed E-state index contributed by atoms with van der Waals surface area (Å²) in [5, 5.41) is 19.9. The van der Waals surface area contributed by atoms with Crippen molar-refractivity contribution in [2.75, 3.05) is 6.61 Å². The highest BCUT2D eigenvalue weighted by molar-refractivity contribution is 6.49. The van der Waals surface area contributed by atoms with Gasteiger partial charge in [-0.25, -0.2) is 9.79 Å². The van der Waals surface area contributed by atoms with Gasteiger partial charge in [0.15, 0.2) is 5.71 Å². The maximum absolute atomic E-state index is 12.8. The topological polar surface area (TPSA) is 128 Å². The average Bonchev–Trinajstić information content (AvgIpc) is 2.65. The van der Waals surface area contributed by atoms with Crippen LogP contribution in [0.15, 0.2) is 47.5 Å². The number of aromatic carboxylic acids is 1. The Morgan fingerprint density at radius 2 is 2.00 bits per heavy atom. The Kier molecular flexibility index (Phi) is 4.95. The van der Waals surface area contributed by atoms with Crippen LogP contribution < -0.4 is 4.74 Å². The van der Waals surface area contributed by atoms with Crippen molar-refractivity contribution in [2.24, 2.45) is 4.99 Å². The van der Waals surface area contributed by atoms with Crippen LogP contribution in [-0.2, 0) is 4.74 Å². The molecule has 1 aliphatic heterocycles. The van der Waals surface area contributed by atoms with E-state index in [2.05, 4.69) is 4.99 Å². The van der Waals surface area contributed by atoms with E-state index in [1.165, 1.54) is 36.4 Å². The lowest BCUT2D eigenvalue weighted by Crippen LogP contribution is -2.40. The quantitative estimate of drug-likeness (QED) is 0.633. The fraction of sp³-hybridized carbons (Fsp3) is 0.167. The largest absolute Gasteiger partial charge is 0.478 e. The monoisotopic (exact) mass is 370 g/mol. The first-order valence-corrected chi connectivity index (χ1v) is 7.94. The number of carbonyl (C=O) groups excluding carboxylic acids is 1. The number of carboxylic acid groups (broad SMARTS) is 1. The average molecular weight is 370 g/mol. The van der Waals surface area contributed by atoms with Gasteiger partial charge in [-0.1, -0.05) is 0 Å². The molecule has 138 valence electrons. The summed E-state index contributed by atoms with van der Waals surface area (Å²) in [7, 11) is 0. The zero-order valence-corrected chi connectivity index (χ0v) is 14.1. The molecule has 2 aromatic carbocycles. The molecule has 0 spiro atoms. The van der Waals surface area contributed by atoms with Crippen LogP contribution >= 0.6 is 0 Å². The van der Waals surface area contributed by atoms with Crippen molar-refractivity contribution >= 4 is 28.8 Å². The molecule has 1 atom stereocenters. The highest BCUT2D eigenvalue weighted by atomic mass is 16.7. The summed E-state index contributed by atoms with van der Waals surface area (Å²) in [6.45, 7) is 1.97. The second-order valence-electron chi connectivity index (χ2n) is 5.52. The van der Waals surface area contributed by atoms with Crippen LogP contribution in [0.2, 0.25) is 0 Å². The fourth-order valence-corrected chi connectivity index (χ4v) is 2.51. The molecule has 0 bridgehead atoms. The molecule has 9 nitrogen and oxygen atoms in total. The van der Waals surface area contributed by atoms with Crippen molar-refractivity contribution in [1.29, 1.82) is 0 Å². The van der Waals surface area contributed by atoms with Crippen LogP contribution in [-0.4, -0.2) is 40.4 Å². The van der Waals surface area contributed by atoms with E-state index in [0.717, 1.165) is 6.07 Å². The lowest BCUT2D eigenvalue weighted by molar-refractivity contribution is -0.384. The Morgan fingerprint density at radius 1 is 1.30 bits per heavy atom. The number of hydrogen-bond acceptors (Lipinski definition) is 7. The summed E-state index contributed by atoms with van der Waals surface area (Å²) >= 11 is 0. The van der Waals surface area contributed by atoms with Gasteiger partial charge in [0.2, 0.25) is 12.1 Å². The summed E-state index contributed by atoms with van der Waals surface area (Å²) in [5.74, 6) is -1.47. The van der Waals surface area contributed by atoms with Crippen molar-refractivity contribution in [3.05, 3.63) is 63.7 Å². The van der Waals surface area contributed by atoms with Crippen molar-refractivity contribution in [3.8, 4) is 5.75 Å². The molecule has 0 saturated heterocycles. The predicted octanol–water partition coefficient (Wildman–Crippen LogP) is 3.00. The van der Waals surface area contributed by atoms with Crippen LogP contribution in [0.3, 0.4) is 0 Å². The van der Waals surface area contributed by atoms with E-state index in [1.807, 2.05) is 0 Å². The maximum atomic E-state index is 12.8. The minimum absolute atomic E-state index is 0.0149. The van der Waals surface area contributed by atoms with Crippen LogP contribution in [0, 0.1) is 10.1 Å². The molecule has 1 unspecified atom stereocenters. The van der Waals surface area contributed by atoms with Crippen molar-refractivity contribution in [1.82, 2.24) is 0 Å². The number of non-ortho nitro benzene ring substituents is 1. The van der Waals surface area contributed by atoms with E-state index in [9.17, 15) is 19.7 Å². The number of hydrogen-bond donors (Lipinski definition) is 1. The zero-order chi connectivity index (χ0) is 19.6. The number of fused-ring (bicyclic) bond motifs is 1. The number of carbonyl (C=O) groups is 2. The molecule has 0 amide bonds. The number of ether oxygens (including phenoxy) is 2. The summed E-state index contributed by atoms with van der Waals surface area (Å²) < 4.78 is 11.1. The van der Waals surface area contributed by atoms with Gasteiger partial charge in [0.25, 0.3) is 5.69 Å². The van der Waals surface area contributed by atoms with Crippen molar-refractivity contribution in [3.63, 3.8) is 0 Å². The maximum Gasteiger partial charge on any atom is 0.335 e. The number of rotatable bonds is 5. The standard InChI is InChI=1S/C18H14N2O7/c1-2-26-18-15(19-11-5-3-10(4-6-11)17(22)23)16(21)13-9-12(20(24)25)7-8-14(13)27-18/h3-9,18H,2H2,1H3,(H,22,23). The van der Waals surface area contributed by atoms with Crippen LogP contribution in [0.25, 0.3) is 0 Å². The number of benzene rings is 2. The zero-order valence-electron chi connectivity index (χ0n) is 14.1. The fourth-order valence-electron chi connectivity index (χ4n) is 2.51. The summed E-state index contributed by atoms with van der Waals surface area (Å²) in [5.41, 5.74) is 0.0951. The Morgan fingerprint density at radius 3 is 2.59 bits per heavy atom. The number of aliphatic imine (C=N–C) groups is 1. The van der Waals surface area contributed by atoms with Gasteiger partial charge in [-0.2, -0.15) is 0 Å². The first kappa shape index (κ1) is 18.2. The van der Waals surface area contributed by atoms with Gasteiger partial charge in [0.1, 0.15) is 5.75 Å². The van der Waals surface area contributed by atoms with Gasteiger partial charge in [-0.15, -0.1) is 0 Å². The number of nitro benzene ring substituents is 1. The van der Waals surface area contributed by atoms with E-state index in [4.69, 9.17) is 14.6 Å². The van der Waals surface area contributed by atoms with Gasteiger partial charge in [-0.05, 0) is 37.3 Å². The minimum atomic E-state index is -1.08. The van der Waals surface area contributed by atoms with Gasteiger partial charge in [-0.3, -0.25) is 14.9 Å². The molecule has 3 rings (SSSR count).